The molecule has 9 heteroatoms. The summed E-state index contributed by atoms with van der Waals surface area (Å²) in [6.45, 7) is 3.42. The van der Waals surface area contributed by atoms with Gasteiger partial charge in [-0.25, -0.2) is 4.79 Å². The highest BCUT2D eigenvalue weighted by molar-refractivity contribution is 5.91. The molecule has 0 spiro atoms. The molecule has 4 rings (SSSR count). The number of ether oxygens (including phenoxy) is 1. The summed E-state index contributed by atoms with van der Waals surface area (Å²) < 4.78 is 10.7. The SMILES string of the molecule is C[C@@H]1CCCN(c2ccc(C(=O)OCc3nnc(-c4ccccc4)o3)cc2[N+](=O)[O-])C1. The first kappa shape index (κ1) is 20.5. The lowest BCUT2D eigenvalue weighted by atomic mass is 9.99. The maximum atomic E-state index is 12.5. The minimum absolute atomic E-state index is 0.100. The second-order valence-electron chi connectivity index (χ2n) is 7.60. The first-order valence-corrected chi connectivity index (χ1v) is 10.1. The third kappa shape index (κ3) is 4.71. The molecule has 1 aliphatic heterocycles. The molecule has 0 saturated carbocycles. The van der Waals surface area contributed by atoms with Gasteiger partial charge in [-0.3, -0.25) is 10.1 Å². The van der Waals surface area contributed by atoms with Crippen LogP contribution >= 0.6 is 0 Å². The number of nitro benzene ring substituents is 1. The number of hydrogen-bond acceptors (Lipinski definition) is 8. The van der Waals surface area contributed by atoms with E-state index in [1.54, 1.807) is 12.1 Å². The minimum Gasteiger partial charge on any atom is -0.452 e. The van der Waals surface area contributed by atoms with Gasteiger partial charge in [0.1, 0.15) is 5.69 Å². The highest BCUT2D eigenvalue weighted by Gasteiger charge is 2.25. The zero-order chi connectivity index (χ0) is 21.8. The summed E-state index contributed by atoms with van der Waals surface area (Å²) in [5.41, 5.74) is 1.28. The fourth-order valence-electron chi connectivity index (χ4n) is 3.69. The molecule has 0 radical (unpaired) electrons. The summed E-state index contributed by atoms with van der Waals surface area (Å²) in [5.74, 6) is 0.234. The van der Waals surface area contributed by atoms with E-state index in [9.17, 15) is 14.9 Å². The van der Waals surface area contributed by atoms with Gasteiger partial charge in [0, 0.05) is 24.7 Å². The Hall–Kier alpha value is -3.75. The number of aromatic nitrogens is 2. The van der Waals surface area contributed by atoms with Gasteiger partial charge in [-0.1, -0.05) is 25.1 Å². The Kier molecular flexibility index (Phi) is 5.92. The van der Waals surface area contributed by atoms with E-state index in [2.05, 4.69) is 17.1 Å². The summed E-state index contributed by atoms with van der Waals surface area (Å²) >= 11 is 0. The van der Waals surface area contributed by atoms with E-state index in [1.165, 1.54) is 6.07 Å². The maximum absolute atomic E-state index is 12.5. The van der Waals surface area contributed by atoms with Crippen molar-refractivity contribution in [3.05, 3.63) is 70.1 Å². The Bertz CT molecular complexity index is 1080. The number of carbonyl (C=O) groups is 1. The van der Waals surface area contributed by atoms with Gasteiger partial charge in [0.05, 0.1) is 10.5 Å². The third-order valence-corrected chi connectivity index (χ3v) is 5.22. The average molecular weight is 422 g/mol. The number of rotatable bonds is 6. The van der Waals surface area contributed by atoms with Crippen molar-refractivity contribution in [1.82, 2.24) is 10.2 Å². The van der Waals surface area contributed by atoms with E-state index < -0.39 is 10.9 Å². The standard InChI is InChI=1S/C22H22N4O5/c1-15-6-5-11-25(13-15)18-10-9-17(12-19(18)26(28)29)22(27)30-14-20-23-24-21(31-20)16-7-3-2-4-8-16/h2-4,7-10,12,15H,5-6,11,13-14H2,1H3/t15-/m1/s1. The van der Waals surface area contributed by atoms with Crippen LogP contribution in [0.15, 0.2) is 52.9 Å². The van der Waals surface area contributed by atoms with Crippen molar-refractivity contribution >= 4 is 17.3 Å². The van der Waals surface area contributed by atoms with Crippen molar-refractivity contribution in [2.45, 2.75) is 26.4 Å². The monoisotopic (exact) mass is 422 g/mol. The lowest BCUT2D eigenvalue weighted by Gasteiger charge is -2.32. The first-order chi connectivity index (χ1) is 15.0. The Morgan fingerprint density at radius 1 is 1.26 bits per heavy atom. The fourth-order valence-corrected chi connectivity index (χ4v) is 3.69. The molecule has 2 aromatic carbocycles. The van der Waals surface area contributed by atoms with Gasteiger partial charge in [-0.15, -0.1) is 10.2 Å². The summed E-state index contributed by atoms with van der Waals surface area (Å²) in [7, 11) is 0. The van der Waals surface area contributed by atoms with Crippen molar-refractivity contribution in [2.75, 3.05) is 18.0 Å². The van der Waals surface area contributed by atoms with Crippen molar-refractivity contribution in [3.63, 3.8) is 0 Å². The van der Waals surface area contributed by atoms with Crippen LogP contribution in [-0.2, 0) is 11.3 Å². The summed E-state index contributed by atoms with van der Waals surface area (Å²) in [6.07, 6.45) is 2.09. The van der Waals surface area contributed by atoms with Gasteiger partial charge in [0.25, 0.3) is 11.6 Å². The van der Waals surface area contributed by atoms with Gasteiger partial charge in [0.15, 0.2) is 6.61 Å². The Balaban J connectivity index is 1.45. The van der Waals surface area contributed by atoms with Gasteiger partial charge in [-0.05, 0) is 43.0 Å². The van der Waals surface area contributed by atoms with Gasteiger partial charge in [-0.2, -0.15) is 0 Å². The molecule has 3 aromatic rings. The van der Waals surface area contributed by atoms with E-state index in [0.717, 1.165) is 31.5 Å². The van der Waals surface area contributed by atoms with Crippen molar-refractivity contribution in [3.8, 4) is 11.5 Å². The van der Waals surface area contributed by atoms with Gasteiger partial charge < -0.3 is 14.1 Å². The number of anilines is 1. The number of benzene rings is 2. The first-order valence-electron chi connectivity index (χ1n) is 10.1. The molecule has 1 fully saturated rings. The highest BCUT2D eigenvalue weighted by Crippen LogP contribution is 2.32. The lowest BCUT2D eigenvalue weighted by Crippen LogP contribution is -2.34. The number of carbonyl (C=O) groups excluding carboxylic acids is 1. The van der Waals surface area contributed by atoms with Crippen LogP contribution < -0.4 is 4.90 Å². The van der Waals surface area contributed by atoms with Gasteiger partial charge >= 0.3 is 5.97 Å². The molecule has 160 valence electrons. The molecule has 1 aliphatic rings. The zero-order valence-corrected chi connectivity index (χ0v) is 17.1. The number of esters is 1. The summed E-state index contributed by atoms with van der Waals surface area (Å²) in [4.78, 5) is 25.6. The lowest BCUT2D eigenvalue weighted by molar-refractivity contribution is -0.384. The van der Waals surface area contributed by atoms with Crippen LogP contribution in [0.3, 0.4) is 0 Å². The summed E-state index contributed by atoms with van der Waals surface area (Å²) in [5, 5.41) is 19.4. The Morgan fingerprint density at radius 2 is 2.06 bits per heavy atom. The molecule has 9 nitrogen and oxygen atoms in total. The van der Waals surface area contributed by atoms with E-state index in [1.807, 2.05) is 35.2 Å². The van der Waals surface area contributed by atoms with Crippen molar-refractivity contribution < 1.29 is 18.9 Å². The van der Waals surface area contributed by atoms with E-state index >= 15 is 0 Å². The fraction of sp³-hybridized carbons (Fsp3) is 0.318. The number of piperidine rings is 1. The molecule has 2 heterocycles. The molecule has 1 saturated heterocycles. The molecule has 0 aliphatic carbocycles. The predicted octanol–water partition coefficient (Wildman–Crippen LogP) is 4.24. The van der Waals surface area contributed by atoms with Crippen LogP contribution in [0.1, 0.15) is 36.0 Å². The van der Waals surface area contributed by atoms with E-state index in [-0.39, 0.29) is 23.7 Å². The van der Waals surface area contributed by atoms with Crippen LogP contribution in [0, 0.1) is 16.0 Å². The van der Waals surface area contributed by atoms with Crippen LogP contribution in [-0.4, -0.2) is 34.2 Å². The molecule has 0 bridgehead atoms. The zero-order valence-electron chi connectivity index (χ0n) is 17.1. The van der Waals surface area contributed by atoms with Crippen LogP contribution in [0.5, 0.6) is 0 Å². The summed E-state index contributed by atoms with van der Waals surface area (Å²) in [6, 6.07) is 13.7. The smallest absolute Gasteiger partial charge is 0.338 e. The predicted molar refractivity (Wildman–Crippen MR) is 113 cm³/mol. The van der Waals surface area contributed by atoms with E-state index in [0.29, 0.717) is 17.5 Å². The Morgan fingerprint density at radius 3 is 2.81 bits per heavy atom. The average Bonchev–Trinajstić information content (AvgIpc) is 3.27. The molecular weight excluding hydrogens is 400 g/mol. The molecule has 0 unspecified atom stereocenters. The van der Waals surface area contributed by atoms with E-state index in [4.69, 9.17) is 9.15 Å². The van der Waals surface area contributed by atoms with Crippen molar-refractivity contribution in [2.24, 2.45) is 5.92 Å². The van der Waals surface area contributed by atoms with Crippen LogP contribution in [0.2, 0.25) is 0 Å². The normalized spacial score (nSPS) is 16.2. The molecular formula is C22H22N4O5. The quantitative estimate of drug-likeness (QED) is 0.329. The molecule has 0 amide bonds. The molecule has 0 N–H and O–H groups in total. The topological polar surface area (TPSA) is 112 Å². The Labute approximate surface area is 178 Å². The highest BCUT2D eigenvalue weighted by atomic mass is 16.6. The van der Waals surface area contributed by atoms with Crippen LogP contribution in [0.4, 0.5) is 11.4 Å². The molecule has 1 atom stereocenters. The maximum Gasteiger partial charge on any atom is 0.338 e. The molecule has 31 heavy (non-hydrogen) atoms. The molecule has 1 aromatic heterocycles. The largest absolute Gasteiger partial charge is 0.452 e. The minimum atomic E-state index is -0.693. The number of hydrogen-bond donors (Lipinski definition) is 0. The van der Waals surface area contributed by atoms with Crippen LogP contribution in [0.25, 0.3) is 11.5 Å². The van der Waals surface area contributed by atoms with Crippen molar-refractivity contribution in [1.29, 1.82) is 0 Å². The number of nitro groups is 1. The van der Waals surface area contributed by atoms with Gasteiger partial charge in [0.2, 0.25) is 5.89 Å². The second kappa shape index (κ2) is 8.95. The second-order valence-corrected chi connectivity index (χ2v) is 7.60. The third-order valence-electron chi connectivity index (χ3n) is 5.22. The number of nitrogens with zero attached hydrogens (tertiary/aromatic N) is 4.